The predicted molar refractivity (Wildman–Crippen MR) is 136 cm³/mol. The Morgan fingerprint density at radius 2 is 1.69 bits per heavy atom. The number of benzene rings is 2. The first-order valence-electron chi connectivity index (χ1n) is 11.4. The van der Waals surface area contributed by atoms with E-state index in [0.29, 0.717) is 29.9 Å². The number of carbonyl (C=O) groups excluding carboxylic acids is 1. The van der Waals surface area contributed by atoms with Gasteiger partial charge in [-0.3, -0.25) is 19.7 Å². The summed E-state index contributed by atoms with van der Waals surface area (Å²) in [7, 11) is -3.59. The van der Waals surface area contributed by atoms with Gasteiger partial charge in [0.15, 0.2) is 4.90 Å². The van der Waals surface area contributed by atoms with E-state index in [0.717, 1.165) is 30.6 Å². The second-order valence-electron chi connectivity index (χ2n) is 8.47. The number of carbonyl (C=O) groups is 1. The van der Waals surface area contributed by atoms with Crippen molar-refractivity contribution in [1.29, 1.82) is 0 Å². The minimum atomic E-state index is -3.59. The quantitative estimate of drug-likeness (QED) is 0.419. The average molecular weight is 489 g/mol. The third kappa shape index (κ3) is 5.16. The lowest BCUT2D eigenvalue weighted by molar-refractivity contribution is 0.0628. The van der Waals surface area contributed by atoms with Gasteiger partial charge in [0.25, 0.3) is 5.91 Å². The molecule has 4 aromatic rings. The molecule has 1 saturated heterocycles. The van der Waals surface area contributed by atoms with Gasteiger partial charge in [-0.1, -0.05) is 24.3 Å². The first-order chi connectivity index (χ1) is 17.0. The zero-order valence-corrected chi connectivity index (χ0v) is 19.9. The molecule has 1 aliphatic heterocycles. The van der Waals surface area contributed by atoms with Crippen molar-refractivity contribution in [1.82, 2.24) is 19.8 Å². The van der Waals surface area contributed by atoms with Crippen LogP contribution in [0, 0.1) is 0 Å². The highest BCUT2D eigenvalue weighted by Gasteiger charge is 2.25. The fraction of sp³-hybridized carbons (Fsp3) is 0.192. The van der Waals surface area contributed by atoms with Crippen molar-refractivity contribution in [2.75, 3.05) is 30.9 Å². The largest absolute Gasteiger partial charge is 0.398 e. The zero-order valence-electron chi connectivity index (χ0n) is 19.1. The molecular formula is C26H26N5O3S+. The Hall–Kier alpha value is -3.82. The van der Waals surface area contributed by atoms with Gasteiger partial charge in [-0.25, -0.2) is 8.93 Å². The van der Waals surface area contributed by atoms with Gasteiger partial charge in [-0.2, -0.15) is 4.21 Å². The smallest absolute Gasteiger partial charge is 0.336 e. The number of amides is 1. The Bertz CT molecular complexity index is 1430. The summed E-state index contributed by atoms with van der Waals surface area (Å²) in [5.74, 6) is -0.0411. The van der Waals surface area contributed by atoms with Crippen LogP contribution in [0.2, 0.25) is 0 Å². The molecule has 1 amide bonds. The first kappa shape index (κ1) is 22.9. The van der Waals surface area contributed by atoms with Crippen LogP contribution >= 0.6 is 0 Å². The molecule has 9 heteroatoms. The Labute approximate surface area is 204 Å². The number of anilines is 1. The predicted octanol–water partition coefficient (Wildman–Crippen LogP) is 3.55. The molecule has 0 bridgehead atoms. The minimum Gasteiger partial charge on any atom is -0.336 e. The van der Waals surface area contributed by atoms with Crippen molar-refractivity contribution in [3.63, 3.8) is 0 Å². The van der Waals surface area contributed by atoms with Crippen LogP contribution in [0.5, 0.6) is 0 Å². The molecule has 1 aliphatic rings. The van der Waals surface area contributed by atoms with E-state index < -0.39 is 10.0 Å². The van der Waals surface area contributed by atoms with Crippen LogP contribution in [0.25, 0.3) is 10.9 Å². The molecule has 35 heavy (non-hydrogen) atoms. The first-order valence-corrected chi connectivity index (χ1v) is 12.9. The Morgan fingerprint density at radius 1 is 0.943 bits per heavy atom. The second-order valence-corrected chi connectivity index (χ2v) is 10.2. The number of nitrogens with one attached hydrogen (secondary N) is 1. The molecule has 0 spiro atoms. The summed E-state index contributed by atoms with van der Waals surface area (Å²) in [6.45, 7) is 3.72. The molecule has 5 rings (SSSR count). The summed E-state index contributed by atoms with van der Waals surface area (Å²) >= 11 is 0. The lowest BCUT2D eigenvalue weighted by atomic mass is 10.1. The van der Waals surface area contributed by atoms with Crippen LogP contribution in [0.3, 0.4) is 0 Å². The Balaban J connectivity index is 1.22. The molecule has 0 radical (unpaired) electrons. The average Bonchev–Trinajstić information content (AvgIpc) is 2.89. The van der Waals surface area contributed by atoms with Gasteiger partial charge in [0, 0.05) is 62.3 Å². The van der Waals surface area contributed by atoms with Crippen molar-refractivity contribution < 1.29 is 13.2 Å². The Morgan fingerprint density at radius 3 is 2.43 bits per heavy atom. The summed E-state index contributed by atoms with van der Waals surface area (Å²) in [5, 5.41) is 0.787. The summed E-state index contributed by atoms with van der Waals surface area (Å²) in [5.41, 5.74) is 2.63. The third-order valence-corrected chi connectivity index (χ3v) is 7.51. The zero-order chi connectivity index (χ0) is 24.3. The molecule has 178 valence electrons. The summed E-state index contributed by atoms with van der Waals surface area (Å²) < 4.78 is 26.6. The van der Waals surface area contributed by atoms with Gasteiger partial charge in [0.2, 0.25) is 0 Å². The second kappa shape index (κ2) is 9.81. The van der Waals surface area contributed by atoms with Crippen LogP contribution in [-0.2, 0) is 16.6 Å². The summed E-state index contributed by atoms with van der Waals surface area (Å²) in [6, 6.07) is 19.5. The van der Waals surface area contributed by atoms with Crippen molar-refractivity contribution in [2.45, 2.75) is 11.4 Å². The van der Waals surface area contributed by atoms with E-state index in [1.165, 1.54) is 0 Å². The van der Waals surface area contributed by atoms with Crippen LogP contribution in [-0.4, -0.2) is 60.3 Å². The lowest BCUT2D eigenvalue weighted by Gasteiger charge is -2.34. The number of nitrogens with zero attached hydrogens (tertiary/aromatic N) is 4. The molecule has 1 fully saturated rings. The van der Waals surface area contributed by atoms with Crippen LogP contribution in [0.1, 0.15) is 15.9 Å². The van der Waals surface area contributed by atoms with Gasteiger partial charge in [-0.05, 0) is 48.0 Å². The van der Waals surface area contributed by atoms with Crippen LogP contribution < -0.4 is 4.72 Å². The number of hydrogen-bond acceptors (Lipinski definition) is 5. The number of fused-ring (bicyclic) bond motifs is 1. The molecule has 0 saturated carbocycles. The van der Waals surface area contributed by atoms with Gasteiger partial charge in [-0.15, -0.1) is 0 Å². The lowest BCUT2D eigenvalue weighted by Crippen LogP contribution is -2.48. The molecule has 2 aromatic carbocycles. The van der Waals surface area contributed by atoms with Crippen molar-refractivity contribution in [3.05, 3.63) is 96.4 Å². The Kier molecular flexibility index (Phi) is 6.43. The van der Waals surface area contributed by atoms with Crippen molar-refractivity contribution >= 4 is 32.5 Å². The highest BCUT2D eigenvalue weighted by Crippen LogP contribution is 2.23. The van der Waals surface area contributed by atoms with E-state index in [9.17, 15) is 13.2 Å². The van der Waals surface area contributed by atoms with Gasteiger partial charge in [0.05, 0.1) is 11.2 Å². The molecule has 8 nitrogen and oxygen atoms in total. The number of rotatable bonds is 6. The topological polar surface area (TPSA) is 99.8 Å². The van der Waals surface area contributed by atoms with E-state index in [2.05, 4.69) is 25.7 Å². The summed E-state index contributed by atoms with van der Waals surface area (Å²) in [4.78, 5) is 25.8. The van der Waals surface area contributed by atoms with Crippen LogP contribution in [0.4, 0.5) is 5.69 Å². The number of para-hydroxylation sites is 1. The number of pyridine rings is 2. The van der Waals surface area contributed by atoms with E-state index in [-0.39, 0.29) is 10.8 Å². The summed E-state index contributed by atoms with van der Waals surface area (Å²) in [6.07, 6.45) is 5.23. The molecule has 1 unspecified atom stereocenters. The van der Waals surface area contributed by atoms with Gasteiger partial charge in [0.1, 0.15) is 0 Å². The highest BCUT2D eigenvalue weighted by atomic mass is 32.2. The van der Waals surface area contributed by atoms with E-state index in [4.69, 9.17) is 0 Å². The monoisotopic (exact) mass is 488 g/mol. The molecule has 0 aliphatic carbocycles. The van der Waals surface area contributed by atoms with E-state index >= 15 is 0 Å². The maximum Gasteiger partial charge on any atom is 0.398 e. The van der Waals surface area contributed by atoms with E-state index in [1.54, 1.807) is 54.9 Å². The standard InChI is InChI=1S/C26H25N5O3S/c32-26(31-16-14-30(15-17-31)19-20-4-2-12-27-18-20)22-8-10-23(11-9-22)29-35(33,34)24-7-1-5-21-6-3-13-28-25(21)24/h1-13,18H,14-17,19H2,(H,29,33,34)/p+1. The number of piperazine rings is 1. The van der Waals surface area contributed by atoms with Crippen LogP contribution in [0.15, 0.2) is 90.2 Å². The fourth-order valence-corrected chi connectivity index (χ4v) is 5.50. The van der Waals surface area contributed by atoms with Crippen molar-refractivity contribution in [2.24, 2.45) is 0 Å². The minimum absolute atomic E-state index is 0.0411. The maximum absolute atomic E-state index is 13.1. The molecular weight excluding hydrogens is 462 g/mol. The number of aromatic nitrogens is 2. The fourth-order valence-electron chi connectivity index (χ4n) is 4.24. The third-order valence-electron chi connectivity index (χ3n) is 6.07. The van der Waals surface area contributed by atoms with Gasteiger partial charge < -0.3 is 4.90 Å². The molecule has 3 heterocycles. The normalized spacial score (nSPS) is 16.1. The molecule has 1 atom stereocenters. The number of hydrogen-bond donors (Lipinski definition) is 1. The van der Waals surface area contributed by atoms with Gasteiger partial charge >= 0.3 is 10.0 Å². The van der Waals surface area contributed by atoms with Crippen molar-refractivity contribution in [3.8, 4) is 0 Å². The highest BCUT2D eigenvalue weighted by molar-refractivity contribution is 7.93. The maximum atomic E-state index is 13.1. The SMILES string of the molecule is O=C(c1ccc(NS(=O)(=[OH+])c2cccc3cccnc23)cc1)N1CCN(Cc2cccnc2)CC1. The van der Waals surface area contributed by atoms with E-state index in [1.807, 2.05) is 29.3 Å². The molecule has 2 N–H and O–H groups in total. The molecule has 2 aromatic heterocycles.